The molecular formula is C13H20. The Balaban J connectivity index is 2.28. The van der Waals surface area contributed by atoms with Gasteiger partial charge in [-0.25, -0.2) is 0 Å². The first-order valence-electron chi connectivity index (χ1n) is 5.45. The first-order chi connectivity index (χ1) is 6.50. The van der Waals surface area contributed by atoms with Crippen molar-refractivity contribution in [3.8, 4) is 0 Å². The van der Waals surface area contributed by atoms with E-state index >= 15 is 0 Å². The third-order valence-electron chi connectivity index (χ3n) is 2.26. The topological polar surface area (TPSA) is 0 Å². The van der Waals surface area contributed by atoms with Crippen LogP contribution in [0.4, 0.5) is 0 Å². The van der Waals surface area contributed by atoms with Crippen LogP contribution in [-0.4, -0.2) is 0 Å². The largest absolute Gasteiger partial charge is 0.0885 e. The minimum atomic E-state index is 1.11. The maximum atomic E-state index is 2.33. The van der Waals surface area contributed by atoms with Gasteiger partial charge in [0.2, 0.25) is 0 Å². The fraction of sp³-hybridized carbons (Fsp3) is 0.538. The zero-order valence-electron chi connectivity index (χ0n) is 8.41. The van der Waals surface area contributed by atoms with Crippen LogP contribution in [0.25, 0.3) is 0 Å². The molecule has 1 aliphatic carbocycles. The zero-order chi connectivity index (χ0) is 9.19. The van der Waals surface area contributed by atoms with Crippen LogP contribution in [0, 0.1) is 0 Å². The lowest BCUT2D eigenvalue weighted by atomic mass is 10.1. The van der Waals surface area contributed by atoms with E-state index in [9.17, 15) is 0 Å². The molecule has 0 N–H and O–H groups in total. The summed E-state index contributed by atoms with van der Waals surface area (Å²) in [6.45, 7) is 0. The van der Waals surface area contributed by atoms with Gasteiger partial charge in [0, 0.05) is 0 Å². The molecule has 0 aliphatic heterocycles. The maximum absolute atomic E-state index is 2.33. The van der Waals surface area contributed by atoms with Gasteiger partial charge in [-0.1, -0.05) is 36.5 Å². The molecule has 0 spiro atoms. The molecule has 0 heteroatoms. The van der Waals surface area contributed by atoms with Crippen molar-refractivity contribution < 1.29 is 0 Å². The van der Waals surface area contributed by atoms with Gasteiger partial charge in [-0.15, -0.1) is 0 Å². The van der Waals surface area contributed by atoms with Crippen molar-refractivity contribution in [1.29, 1.82) is 0 Å². The van der Waals surface area contributed by atoms with Crippen LogP contribution >= 0.6 is 0 Å². The Morgan fingerprint density at radius 2 is 0.923 bits per heavy atom. The molecule has 0 saturated heterocycles. The van der Waals surface area contributed by atoms with Gasteiger partial charge in [0.25, 0.3) is 0 Å². The molecule has 1 aliphatic rings. The minimum absolute atomic E-state index is 1.11. The van der Waals surface area contributed by atoms with Crippen molar-refractivity contribution in [2.45, 2.75) is 44.9 Å². The summed E-state index contributed by atoms with van der Waals surface area (Å²) in [5.41, 5.74) is 0. The molecule has 1 rings (SSSR count). The lowest BCUT2D eigenvalue weighted by Crippen LogP contribution is -1.72. The minimum Gasteiger partial charge on any atom is -0.0885 e. The number of allylic oxidation sites excluding steroid dienone is 6. The van der Waals surface area contributed by atoms with E-state index in [1.807, 2.05) is 0 Å². The highest BCUT2D eigenvalue weighted by Crippen LogP contribution is 2.04. The van der Waals surface area contributed by atoms with Crippen molar-refractivity contribution in [2.75, 3.05) is 0 Å². The molecule has 0 atom stereocenters. The van der Waals surface area contributed by atoms with Crippen molar-refractivity contribution in [3.63, 3.8) is 0 Å². The maximum Gasteiger partial charge on any atom is -0.0169 e. The molecule has 0 aromatic heterocycles. The van der Waals surface area contributed by atoms with E-state index in [1.165, 1.54) is 38.5 Å². The van der Waals surface area contributed by atoms with Crippen molar-refractivity contribution in [3.05, 3.63) is 36.5 Å². The lowest BCUT2D eigenvalue weighted by Gasteiger charge is -1.92. The Morgan fingerprint density at radius 1 is 0.462 bits per heavy atom. The Labute approximate surface area is 82.0 Å². The van der Waals surface area contributed by atoms with Crippen LogP contribution in [0.2, 0.25) is 0 Å². The molecule has 0 aromatic rings. The molecule has 0 saturated carbocycles. The smallest absolute Gasteiger partial charge is 0.0169 e. The second-order valence-corrected chi connectivity index (χ2v) is 3.51. The summed E-state index contributed by atoms with van der Waals surface area (Å²) in [4.78, 5) is 0. The van der Waals surface area contributed by atoms with Crippen molar-refractivity contribution >= 4 is 0 Å². The highest BCUT2D eigenvalue weighted by Gasteiger charge is 1.84. The highest BCUT2D eigenvalue weighted by atomic mass is 13.9. The Hall–Kier alpha value is -0.780. The summed E-state index contributed by atoms with van der Waals surface area (Å²) < 4.78 is 0. The summed E-state index contributed by atoms with van der Waals surface area (Å²) >= 11 is 0. The van der Waals surface area contributed by atoms with E-state index in [2.05, 4.69) is 36.5 Å². The molecule has 0 nitrogen and oxygen atoms in total. The van der Waals surface area contributed by atoms with E-state index in [0.717, 1.165) is 6.42 Å². The Kier molecular flexibility index (Phi) is 6.22. The summed E-state index contributed by atoms with van der Waals surface area (Å²) in [5, 5.41) is 0. The number of hydrogen-bond donors (Lipinski definition) is 0. The highest BCUT2D eigenvalue weighted by molar-refractivity contribution is 4.94. The van der Waals surface area contributed by atoms with E-state index in [4.69, 9.17) is 0 Å². The molecule has 0 radical (unpaired) electrons. The number of rotatable bonds is 0. The van der Waals surface area contributed by atoms with E-state index in [1.54, 1.807) is 0 Å². The molecule has 0 fully saturated rings. The second kappa shape index (κ2) is 7.85. The van der Waals surface area contributed by atoms with Crippen molar-refractivity contribution in [1.82, 2.24) is 0 Å². The number of hydrogen-bond acceptors (Lipinski definition) is 0. The van der Waals surface area contributed by atoms with Crippen LogP contribution in [0.1, 0.15) is 44.9 Å². The first-order valence-corrected chi connectivity index (χ1v) is 5.45. The molecule has 0 unspecified atom stereocenters. The third-order valence-corrected chi connectivity index (χ3v) is 2.26. The summed E-state index contributed by atoms with van der Waals surface area (Å²) in [6, 6.07) is 0. The Bertz CT molecular complexity index is 184. The molecule has 13 heavy (non-hydrogen) atoms. The van der Waals surface area contributed by atoms with Crippen molar-refractivity contribution in [2.24, 2.45) is 0 Å². The molecule has 0 heterocycles. The summed E-state index contributed by atoms with van der Waals surface area (Å²) in [5.74, 6) is 0. The van der Waals surface area contributed by atoms with Gasteiger partial charge < -0.3 is 0 Å². The first kappa shape index (κ1) is 10.3. The predicted molar refractivity (Wildman–Crippen MR) is 59.7 cm³/mol. The summed E-state index contributed by atoms with van der Waals surface area (Å²) in [6.07, 6.45) is 22.5. The second-order valence-electron chi connectivity index (χ2n) is 3.51. The SMILES string of the molecule is C1=CCCCC/C=C/C/C=C/CC1. The van der Waals surface area contributed by atoms with Gasteiger partial charge in [-0.2, -0.15) is 0 Å². The molecule has 0 bridgehead atoms. The quantitative estimate of drug-likeness (QED) is 0.480. The van der Waals surface area contributed by atoms with Gasteiger partial charge in [0.1, 0.15) is 0 Å². The van der Waals surface area contributed by atoms with Gasteiger partial charge in [0.05, 0.1) is 0 Å². The molecule has 0 aromatic carbocycles. The van der Waals surface area contributed by atoms with Crippen LogP contribution in [-0.2, 0) is 0 Å². The third kappa shape index (κ3) is 6.39. The lowest BCUT2D eigenvalue weighted by molar-refractivity contribution is 0.759. The Morgan fingerprint density at radius 3 is 1.62 bits per heavy atom. The van der Waals surface area contributed by atoms with Gasteiger partial charge in [0.15, 0.2) is 0 Å². The van der Waals surface area contributed by atoms with Crippen LogP contribution in [0.3, 0.4) is 0 Å². The van der Waals surface area contributed by atoms with Crippen LogP contribution < -0.4 is 0 Å². The fourth-order valence-corrected chi connectivity index (χ4v) is 1.46. The fourth-order valence-electron chi connectivity index (χ4n) is 1.46. The monoisotopic (exact) mass is 176 g/mol. The molecule has 0 amide bonds. The average molecular weight is 176 g/mol. The average Bonchev–Trinajstić information content (AvgIpc) is 2.18. The van der Waals surface area contributed by atoms with E-state index in [-0.39, 0.29) is 0 Å². The predicted octanol–water partition coefficient (Wildman–Crippen LogP) is 4.40. The molecular weight excluding hydrogens is 156 g/mol. The van der Waals surface area contributed by atoms with Gasteiger partial charge >= 0.3 is 0 Å². The van der Waals surface area contributed by atoms with Crippen LogP contribution in [0.15, 0.2) is 36.5 Å². The normalized spacial score (nSPS) is 25.2. The van der Waals surface area contributed by atoms with Gasteiger partial charge in [-0.05, 0) is 44.9 Å². The van der Waals surface area contributed by atoms with Crippen LogP contribution in [0.5, 0.6) is 0 Å². The molecule has 72 valence electrons. The van der Waals surface area contributed by atoms with E-state index in [0.29, 0.717) is 0 Å². The standard InChI is InChI=1S/C13H20/c1-2-4-6-8-10-12-13-11-9-7-5-3-1/h1-2,5,7-8,10H,3-4,6,9,11-13H2/b2-1+,7-5+,10-8?. The van der Waals surface area contributed by atoms with Gasteiger partial charge in [-0.3, -0.25) is 0 Å². The summed E-state index contributed by atoms with van der Waals surface area (Å²) in [7, 11) is 0. The zero-order valence-corrected chi connectivity index (χ0v) is 8.41. The van der Waals surface area contributed by atoms with E-state index < -0.39 is 0 Å².